The molecule has 2 heterocycles. The Labute approximate surface area is 185 Å². The Morgan fingerprint density at radius 1 is 1.00 bits per heavy atom. The van der Waals surface area contributed by atoms with Gasteiger partial charge in [-0.1, -0.05) is 30.3 Å². The van der Waals surface area contributed by atoms with E-state index in [1.54, 1.807) is 24.7 Å². The van der Waals surface area contributed by atoms with Crippen molar-refractivity contribution in [2.45, 2.75) is 13.5 Å². The second-order valence-corrected chi connectivity index (χ2v) is 7.09. The Hall–Kier alpha value is -4.20. The van der Waals surface area contributed by atoms with Crippen LogP contribution < -0.4 is 21.3 Å². The van der Waals surface area contributed by atoms with Crippen molar-refractivity contribution < 1.29 is 9.18 Å². The van der Waals surface area contributed by atoms with Gasteiger partial charge in [0.2, 0.25) is 0 Å². The van der Waals surface area contributed by atoms with Gasteiger partial charge in [-0.15, -0.1) is 0 Å². The van der Waals surface area contributed by atoms with Gasteiger partial charge in [0.25, 0.3) is 0 Å². The van der Waals surface area contributed by atoms with E-state index in [-0.39, 0.29) is 5.82 Å². The molecule has 0 bridgehead atoms. The molecule has 0 spiro atoms. The summed E-state index contributed by atoms with van der Waals surface area (Å²) in [5, 5.41) is 12.6. The van der Waals surface area contributed by atoms with Gasteiger partial charge in [0, 0.05) is 36.3 Å². The van der Waals surface area contributed by atoms with Crippen LogP contribution in [-0.4, -0.2) is 22.5 Å². The third kappa shape index (κ3) is 4.92. The summed E-state index contributed by atoms with van der Waals surface area (Å²) >= 11 is 0. The van der Waals surface area contributed by atoms with Crippen molar-refractivity contribution in [1.29, 1.82) is 0 Å². The summed E-state index contributed by atoms with van der Waals surface area (Å²) in [6.45, 7) is 2.75. The number of hydrogen-bond donors (Lipinski definition) is 4. The smallest absolute Gasteiger partial charge is 0.320 e. The molecule has 0 fully saturated rings. The number of urea groups is 1. The number of nitrogens with one attached hydrogen (secondary N) is 4. The van der Waals surface area contributed by atoms with Crippen molar-refractivity contribution in [3.05, 3.63) is 84.6 Å². The molecule has 4 aromatic rings. The van der Waals surface area contributed by atoms with Crippen LogP contribution in [0.4, 0.5) is 32.1 Å². The van der Waals surface area contributed by atoms with E-state index >= 15 is 4.39 Å². The summed E-state index contributed by atoms with van der Waals surface area (Å²) < 4.78 is 15.5. The number of carbonyl (C=O) groups excluding carboxylic acids is 1. The van der Waals surface area contributed by atoms with Gasteiger partial charge in [0.15, 0.2) is 5.82 Å². The van der Waals surface area contributed by atoms with Crippen LogP contribution in [0.15, 0.2) is 73.2 Å². The number of pyridine rings is 2. The monoisotopic (exact) mass is 430 g/mol. The first-order valence-electron chi connectivity index (χ1n) is 10.3. The average molecular weight is 430 g/mol. The van der Waals surface area contributed by atoms with Gasteiger partial charge in [-0.3, -0.25) is 10.3 Å². The van der Waals surface area contributed by atoms with Gasteiger partial charge in [0.05, 0.1) is 23.3 Å². The lowest BCUT2D eigenvalue weighted by Crippen LogP contribution is -2.28. The molecule has 162 valence electrons. The predicted octanol–water partition coefficient (Wildman–Crippen LogP) is 5.27. The molecule has 0 aliphatic carbocycles. The quantitative estimate of drug-likeness (QED) is 0.321. The first-order chi connectivity index (χ1) is 15.6. The summed E-state index contributed by atoms with van der Waals surface area (Å²) in [5.41, 5.74) is 2.80. The molecular formula is C24H23FN6O. The topological polar surface area (TPSA) is 91.0 Å². The van der Waals surface area contributed by atoms with E-state index in [0.29, 0.717) is 35.2 Å². The van der Waals surface area contributed by atoms with E-state index in [0.717, 1.165) is 11.3 Å². The molecule has 4 rings (SSSR count). The van der Waals surface area contributed by atoms with Crippen LogP contribution in [0, 0.1) is 5.82 Å². The van der Waals surface area contributed by atoms with Gasteiger partial charge in [-0.2, -0.15) is 0 Å². The van der Waals surface area contributed by atoms with Crippen LogP contribution in [0.3, 0.4) is 0 Å². The van der Waals surface area contributed by atoms with Crippen molar-refractivity contribution in [2.24, 2.45) is 0 Å². The van der Waals surface area contributed by atoms with Gasteiger partial charge in [-0.05, 0) is 36.8 Å². The van der Waals surface area contributed by atoms with Crippen molar-refractivity contribution >= 4 is 39.7 Å². The van der Waals surface area contributed by atoms with Crippen molar-refractivity contribution in [3.63, 3.8) is 0 Å². The lowest BCUT2D eigenvalue weighted by molar-refractivity contribution is 0.252. The van der Waals surface area contributed by atoms with E-state index in [4.69, 9.17) is 0 Å². The number of hydrogen-bond acceptors (Lipinski definition) is 5. The van der Waals surface area contributed by atoms with Crippen molar-refractivity contribution in [1.82, 2.24) is 15.3 Å². The van der Waals surface area contributed by atoms with E-state index in [9.17, 15) is 4.79 Å². The summed E-state index contributed by atoms with van der Waals surface area (Å²) in [7, 11) is 0. The predicted molar refractivity (Wildman–Crippen MR) is 126 cm³/mol. The van der Waals surface area contributed by atoms with E-state index in [1.807, 2.05) is 49.4 Å². The van der Waals surface area contributed by atoms with Crippen LogP contribution in [0.2, 0.25) is 0 Å². The van der Waals surface area contributed by atoms with Gasteiger partial charge >= 0.3 is 6.03 Å². The third-order valence-electron chi connectivity index (χ3n) is 4.80. The number of nitrogens with zero attached hydrogens (tertiary/aromatic N) is 2. The summed E-state index contributed by atoms with van der Waals surface area (Å²) in [5.74, 6) is -0.163. The molecule has 8 heteroatoms. The fourth-order valence-electron chi connectivity index (χ4n) is 3.29. The molecular weight excluding hydrogens is 407 g/mol. The second kappa shape index (κ2) is 9.74. The SMILES string of the molecule is CCNC(=O)Nc1cc2c(F)c(NCc3ccccc3)cc(Nc3cccnc3)c2cn1. The highest BCUT2D eigenvalue weighted by Gasteiger charge is 2.15. The molecule has 0 aliphatic rings. The number of carbonyl (C=O) groups is 1. The number of aromatic nitrogens is 2. The molecule has 0 aliphatic heterocycles. The zero-order valence-electron chi connectivity index (χ0n) is 17.5. The zero-order chi connectivity index (χ0) is 22.3. The zero-order valence-corrected chi connectivity index (χ0v) is 17.5. The lowest BCUT2D eigenvalue weighted by atomic mass is 10.1. The summed E-state index contributed by atoms with van der Waals surface area (Å²) in [6, 6.07) is 16.3. The molecule has 2 amide bonds. The highest BCUT2D eigenvalue weighted by Crippen LogP contribution is 2.34. The van der Waals surface area contributed by atoms with Gasteiger partial charge in [-0.25, -0.2) is 14.2 Å². The first kappa shape index (κ1) is 21.0. The fourth-order valence-corrected chi connectivity index (χ4v) is 3.29. The van der Waals surface area contributed by atoms with Gasteiger partial charge in [0.1, 0.15) is 5.82 Å². The number of fused-ring (bicyclic) bond motifs is 1. The molecule has 0 saturated carbocycles. The van der Waals surface area contributed by atoms with Crippen LogP contribution in [-0.2, 0) is 6.54 Å². The number of amides is 2. The van der Waals surface area contributed by atoms with Crippen LogP contribution in [0.25, 0.3) is 10.8 Å². The largest absolute Gasteiger partial charge is 0.379 e. The fraction of sp³-hybridized carbons (Fsp3) is 0.125. The average Bonchev–Trinajstić information content (AvgIpc) is 2.81. The maximum absolute atomic E-state index is 15.5. The lowest BCUT2D eigenvalue weighted by Gasteiger charge is -2.16. The molecule has 0 saturated heterocycles. The molecule has 0 unspecified atom stereocenters. The number of rotatable bonds is 7. The van der Waals surface area contributed by atoms with Gasteiger partial charge < -0.3 is 16.0 Å². The summed E-state index contributed by atoms with van der Waals surface area (Å²) in [6.07, 6.45) is 4.91. The third-order valence-corrected chi connectivity index (χ3v) is 4.80. The summed E-state index contributed by atoms with van der Waals surface area (Å²) in [4.78, 5) is 20.3. The molecule has 0 atom stereocenters. The molecule has 32 heavy (non-hydrogen) atoms. The Balaban J connectivity index is 1.73. The van der Waals surface area contributed by atoms with E-state index in [1.165, 1.54) is 6.07 Å². The Kier molecular flexibility index (Phi) is 6.41. The first-order valence-corrected chi connectivity index (χ1v) is 10.3. The van der Waals surface area contributed by atoms with E-state index < -0.39 is 11.8 Å². The minimum Gasteiger partial charge on any atom is -0.379 e. The highest BCUT2D eigenvalue weighted by atomic mass is 19.1. The molecule has 7 nitrogen and oxygen atoms in total. The number of anilines is 4. The number of halogens is 1. The van der Waals surface area contributed by atoms with Crippen molar-refractivity contribution in [2.75, 3.05) is 22.5 Å². The molecule has 2 aromatic heterocycles. The molecule has 2 aromatic carbocycles. The minimum atomic E-state index is -0.422. The van der Waals surface area contributed by atoms with E-state index in [2.05, 4.69) is 31.2 Å². The van der Waals surface area contributed by atoms with Crippen LogP contribution in [0.5, 0.6) is 0 Å². The highest BCUT2D eigenvalue weighted by molar-refractivity contribution is 6.00. The normalized spacial score (nSPS) is 10.6. The minimum absolute atomic E-state index is 0.259. The van der Waals surface area contributed by atoms with Crippen molar-refractivity contribution in [3.8, 4) is 0 Å². The number of benzene rings is 2. The van der Waals surface area contributed by atoms with Crippen LogP contribution in [0.1, 0.15) is 12.5 Å². The maximum atomic E-state index is 15.5. The Bertz CT molecular complexity index is 1220. The molecule has 4 N–H and O–H groups in total. The standard InChI is InChI=1S/C24H23FN6O/c1-2-27-24(32)31-22-11-18-19(15-29-22)20(30-17-9-6-10-26-14-17)12-21(23(18)25)28-13-16-7-4-3-5-8-16/h3-12,14-15,28,30H,2,13H2,1H3,(H2,27,29,31,32). The molecule has 0 radical (unpaired) electrons. The Morgan fingerprint density at radius 2 is 1.84 bits per heavy atom. The maximum Gasteiger partial charge on any atom is 0.320 e. The van der Waals surface area contributed by atoms with Crippen LogP contribution >= 0.6 is 0 Å². The Morgan fingerprint density at radius 3 is 2.59 bits per heavy atom. The second-order valence-electron chi connectivity index (χ2n) is 7.09.